The molecule has 150 valence electrons. The molecule has 0 radical (unpaired) electrons. The van der Waals surface area contributed by atoms with E-state index in [0.29, 0.717) is 13.0 Å². The number of para-hydroxylation sites is 1. The van der Waals surface area contributed by atoms with Gasteiger partial charge in [0.1, 0.15) is 24.7 Å². The molecule has 7 heteroatoms. The summed E-state index contributed by atoms with van der Waals surface area (Å²) in [6.45, 7) is 2.89. The van der Waals surface area contributed by atoms with E-state index < -0.39 is 0 Å². The molecule has 2 aromatic carbocycles. The zero-order valence-corrected chi connectivity index (χ0v) is 16.2. The quantitative estimate of drug-likeness (QED) is 0.653. The number of carbonyl (C=O) groups is 2. The Bertz CT molecular complexity index is 1040. The normalized spacial score (nSPS) is 15.3. The van der Waals surface area contributed by atoms with Gasteiger partial charge in [0.25, 0.3) is 5.91 Å². The maximum Gasteiger partial charge on any atom is 0.258 e. The predicted octanol–water partition coefficient (Wildman–Crippen LogP) is 2.44. The minimum Gasteiger partial charge on any atom is -0.494 e. The first kappa shape index (κ1) is 18.9. The van der Waals surface area contributed by atoms with Gasteiger partial charge in [-0.05, 0) is 54.6 Å². The lowest BCUT2D eigenvalue weighted by Gasteiger charge is -2.25. The van der Waals surface area contributed by atoms with E-state index in [1.54, 1.807) is 0 Å². The van der Waals surface area contributed by atoms with Crippen LogP contribution in [0, 0.1) is 5.92 Å². The van der Waals surface area contributed by atoms with Gasteiger partial charge in [0.2, 0.25) is 5.91 Å². The van der Waals surface area contributed by atoms with Crippen LogP contribution in [0.2, 0.25) is 0 Å². The van der Waals surface area contributed by atoms with Crippen molar-refractivity contribution in [3.63, 3.8) is 0 Å². The SMILES string of the molecule is CCOc1ccc2c(c1)CC(C(=O)NNC(=O)Cn1ccc3ccccc31)CO2. The van der Waals surface area contributed by atoms with E-state index in [4.69, 9.17) is 9.47 Å². The van der Waals surface area contributed by atoms with Crippen molar-refractivity contribution in [3.8, 4) is 11.5 Å². The smallest absolute Gasteiger partial charge is 0.258 e. The number of carbonyl (C=O) groups excluding carboxylic acids is 2. The van der Waals surface area contributed by atoms with Crippen molar-refractivity contribution >= 4 is 22.7 Å². The third-order valence-electron chi connectivity index (χ3n) is 4.94. The molecule has 1 aliphatic heterocycles. The van der Waals surface area contributed by atoms with Crippen molar-refractivity contribution in [1.82, 2.24) is 15.4 Å². The number of ether oxygens (including phenoxy) is 2. The maximum absolute atomic E-state index is 12.5. The number of nitrogens with one attached hydrogen (secondary N) is 2. The highest BCUT2D eigenvalue weighted by molar-refractivity contribution is 5.85. The zero-order valence-electron chi connectivity index (χ0n) is 16.2. The van der Waals surface area contributed by atoms with Crippen LogP contribution in [0.5, 0.6) is 11.5 Å². The van der Waals surface area contributed by atoms with Crippen molar-refractivity contribution < 1.29 is 19.1 Å². The highest BCUT2D eigenvalue weighted by Gasteiger charge is 2.26. The highest BCUT2D eigenvalue weighted by atomic mass is 16.5. The van der Waals surface area contributed by atoms with Crippen LogP contribution in [0.4, 0.5) is 0 Å². The van der Waals surface area contributed by atoms with Gasteiger partial charge >= 0.3 is 0 Å². The zero-order chi connectivity index (χ0) is 20.2. The third kappa shape index (κ3) is 4.18. The number of hydrogen-bond acceptors (Lipinski definition) is 4. The van der Waals surface area contributed by atoms with E-state index in [1.807, 2.05) is 66.2 Å². The standard InChI is InChI=1S/C22H23N3O4/c1-2-28-18-7-8-20-16(12-18)11-17(14-29-20)22(27)24-23-21(26)13-25-10-9-15-5-3-4-6-19(15)25/h3-10,12,17H,2,11,13-14H2,1H3,(H,23,26)(H,24,27). The van der Waals surface area contributed by atoms with Crippen molar-refractivity contribution in [2.75, 3.05) is 13.2 Å². The number of hydrogen-bond donors (Lipinski definition) is 2. The van der Waals surface area contributed by atoms with E-state index in [-0.39, 0.29) is 30.9 Å². The van der Waals surface area contributed by atoms with Crippen LogP contribution in [0.15, 0.2) is 54.7 Å². The van der Waals surface area contributed by atoms with Crippen LogP contribution >= 0.6 is 0 Å². The van der Waals surface area contributed by atoms with Gasteiger partial charge < -0.3 is 14.0 Å². The molecule has 0 bridgehead atoms. The summed E-state index contributed by atoms with van der Waals surface area (Å²) in [7, 11) is 0. The molecule has 1 unspecified atom stereocenters. The van der Waals surface area contributed by atoms with Crippen molar-refractivity contribution in [2.45, 2.75) is 19.9 Å². The molecule has 7 nitrogen and oxygen atoms in total. The second-order valence-corrected chi connectivity index (χ2v) is 6.95. The summed E-state index contributed by atoms with van der Waals surface area (Å²) in [4.78, 5) is 24.8. The minimum atomic E-state index is -0.382. The minimum absolute atomic E-state index is 0.121. The second-order valence-electron chi connectivity index (χ2n) is 6.95. The molecular weight excluding hydrogens is 370 g/mol. The van der Waals surface area contributed by atoms with Gasteiger partial charge in [0, 0.05) is 11.7 Å². The number of hydrazine groups is 1. The number of rotatable bonds is 5. The largest absolute Gasteiger partial charge is 0.494 e. The van der Waals surface area contributed by atoms with Gasteiger partial charge in [-0.1, -0.05) is 18.2 Å². The molecule has 2 N–H and O–H groups in total. The first-order chi connectivity index (χ1) is 14.1. The summed E-state index contributed by atoms with van der Waals surface area (Å²) in [5.74, 6) is 0.565. The monoisotopic (exact) mass is 393 g/mol. The molecule has 0 fully saturated rings. The number of nitrogens with zero attached hydrogens (tertiary/aromatic N) is 1. The van der Waals surface area contributed by atoms with Crippen LogP contribution in [0.25, 0.3) is 10.9 Å². The van der Waals surface area contributed by atoms with E-state index >= 15 is 0 Å². The third-order valence-corrected chi connectivity index (χ3v) is 4.94. The second kappa shape index (κ2) is 8.26. The van der Waals surface area contributed by atoms with Gasteiger partial charge in [-0.25, -0.2) is 0 Å². The van der Waals surface area contributed by atoms with E-state index in [0.717, 1.165) is 28.0 Å². The predicted molar refractivity (Wildman–Crippen MR) is 109 cm³/mol. The van der Waals surface area contributed by atoms with E-state index in [9.17, 15) is 9.59 Å². The Balaban J connectivity index is 1.32. The number of aromatic nitrogens is 1. The molecule has 1 atom stereocenters. The molecule has 29 heavy (non-hydrogen) atoms. The van der Waals surface area contributed by atoms with E-state index in [2.05, 4.69) is 10.9 Å². The van der Waals surface area contributed by atoms with Gasteiger partial charge in [0.05, 0.1) is 12.5 Å². The Hall–Kier alpha value is -3.48. The molecular formula is C22H23N3O4. The molecule has 0 spiro atoms. The molecule has 0 saturated heterocycles. The summed E-state index contributed by atoms with van der Waals surface area (Å²) in [6.07, 6.45) is 2.38. The fourth-order valence-electron chi connectivity index (χ4n) is 3.50. The topological polar surface area (TPSA) is 81.6 Å². The summed E-state index contributed by atoms with van der Waals surface area (Å²) in [6, 6.07) is 15.4. The lowest BCUT2D eigenvalue weighted by Crippen LogP contribution is -2.47. The summed E-state index contributed by atoms with van der Waals surface area (Å²) in [5, 5.41) is 1.06. The Kier molecular flexibility index (Phi) is 5.37. The summed E-state index contributed by atoms with van der Waals surface area (Å²) >= 11 is 0. The first-order valence-corrected chi connectivity index (χ1v) is 9.65. The van der Waals surface area contributed by atoms with Crippen LogP contribution in [-0.4, -0.2) is 29.6 Å². The summed E-state index contributed by atoms with van der Waals surface area (Å²) in [5.41, 5.74) is 6.91. The van der Waals surface area contributed by atoms with Gasteiger partial charge in [-0.15, -0.1) is 0 Å². The molecule has 4 rings (SSSR count). The molecule has 3 aromatic rings. The lowest BCUT2D eigenvalue weighted by atomic mass is 9.96. The van der Waals surface area contributed by atoms with E-state index in [1.165, 1.54) is 0 Å². The van der Waals surface area contributed by atoms with Crippen molar-refractivity contribution in [2.24, 2.45) is 5.92 Å². The fourth-order valence-corrected chi connectivity index (χ4v) is 3.50. The highest BCUT2D eigenvalue weighted by Crippen LogP contribution is 2.30. The number of benzene rings is 2. The molecule has 2 amide bonds. The Morgan fingerprint density at radius 1 is 1.17 bits per heavy atom. The number of amides is 2. The Morgan fingerprint density at radius 2 is 2.03 bits per heavy atom. The summed E-state index contributed by atoms with van der Waals surface area (Å²) < 4.78 is 13.0. The molecule has 0 saturated carbocycles. The Labute approximate surface area is 168 Å². The van der Waals surface area contributed by atoms with Gasteiger partial charge in [0.15, 0.2) is 0 Å². The van der Waals surface area contributed by atoms with Gasteiger partial charge in [-0.3, -0.25) is 20.4 Å². The average molecular weight is 393 g/mol. The number of fused-ring (bicyclic) bond motifs is 2. The fraction of sp³-hybridized carbons (Fsp3) is 0.273. The molecule has 2 heterocycles. The first-order valence-electron chi connectivity index (χ1n) is 9.65. The van der Waals surface area contributed by atoms with Crippen molar-refractivity contribution in [3.05, 3.63) is 60.3 Å². The molecule has 1 aliphatic rings. The van der Waals surface area contributed by atoms with Gasteiger partial charge in [-0.2, -0.15) is 0 Å². The van der Waals surface area contributed by atoms with Crippen LogP contribution in [-0.2, 0) is 22.6 Å². The Morgan fingerprint density at radius 3 is 2.90 bits per heavy atom. The van der Waals surface area contributed by atoms with Crippen LogP contribution < -0.4 is 20.3 Å². The van der Waals surface area contributed by atoms with Crippen LogP contribution in [0.1, 0.15) is 12.5 Å². The molecule has 1 aromatic heterocycles. The molecule has 0 aliphatic carbocycles. The van der Waals surface area contributed by atoms with Crippen LogP contribution in [0.3, 0.4) is 0 Å². The lowest BCUT2D eigenvalue weighted by molar-refractivity contribution is -0.132. The van der Waals surface area contributed by atoms with Crippen molar-refractivity contribution in [1.29, 1.82) is 0 Å². The maximum atomic E-state index is 12.5. The average Bonchev–Trinajstić information content (AvgIpc) is 3.14.